The fraction of sp³-hybridized carbons (Fsp3) is 0.333. The van der Waals surface area contributed by atoms with Crippen molar-refractivity contribution in [3.8, 4) is 0 Å². The molecule has 24 heavy (non-hydrogen) atoms. The van der Waals surface area contributed by atoms with Crippen molar-refractivity contribution in [2.75, 3.05) is 11.1 Å². The minimum atomic E-state index is -3.69. The number of benzene rings is 1. The lowest BCUT2D eigenvalue weighted by Crippen LogP contribution is -2.27. The quantitative estimate of drug-likeness (QED) is 0.617. The van der Waals surface area contributed by atoms with Gasteiger partial charge in [-0.3, -0.25) is 0 Å². The number of aromatic nitrogens is 2. The molecule has 0 spiro atoms. The van der Waals surface area contributed by atoms with Crippen molar-refractivity contribution in [2.45, 2.75) is 36.3 Å². The number of nitrogens with two attached hydrogens (primary N) is 2. The Hall–Kier alpha value is -2.23. The summed E-state index contributed by atoms with van der Waals surface area (Å²) in [6, 6.07) is 8.11. The smallest absolute Gasteiger partial charge is 0.238 e. The molecule has 0 bridgehead atoms. The van der Waals surface area contributed by atoms with Crippen molar-refractivity contribution in [2.24, 2.45) is 5.14 Å². The highest BCUT2D eigenvalue weighted by Crippen LogP contribution is 2.36. The summed E-state index contributed by atoms with van der Waals surface area (Å²) in [5.74, 6) is 0.982. The predicted octanol–water partition coefficient (Wildman–Crippen LogP) is 0.557. The van der Waals surface area contributed by atoms with E-state index in [4.69, 9.17) is 10.9 Å². The molecule has 0 saturated heterocycles. The molecule has 1 aromatic heterocycles. The van der Waals surface area contributed by atoms with Crippen molar-refractivity contribution in [1.82, 2.24) is 9.97 Å². The number of rotatable bonds is 5. The number of aliphatic hydroxyl groups is 1. The zero-order valence-corrected chi connectivity index (χ0v) is 13.7. The van der Waals surface area contributed by atoms with Gasteiger partial charge >= 0.3 is 0 Å². The maximum absolute atomic E-state index is 11.2. The minimum absolute atomic E-state index is 0.0726. The molecule has 3 rings (SSSR count). The minimum Gasteiger partial charge on any atom is -0.393 e. The molecule has 0 unspecified atom stereocenters. The van der Waals surface area contributed by atoms with E-state index in [2.05, 4.69) is 15.3 Å². The molecule has 1 heterocycles. The number of nitrogens with zero attached hydrogens (tertiary/aromatic N) is 2. The Labute approximate surface area is 140 Å². The average Bonchev–Trinajstić information content (AvgIpc) is 2.49. The van der Waals surface area contributed by atoms with Gasteiger partial charge in [0.25, 0.3) is 0 Å². The predicted molar refractivity (Wildman–Crippen MR) is 89.6 cm³/mol. The summed E-state index contributed by atoms with van der Waals surface area (Å²) in [4.78, 5) is 8.43. The highest BCUT2D eigenvalue weighted by molar-refractivity contribution is 7.89. The molecule has 9 heteroatoms. The third-order valence-electron chi connectivity index (χ3n) is 4.02. The second-order valence-corrected chi connectivity index (χ2v) is 7.46. The molecule has 1 aromatic carbocycles. The molecule has 0 radical (unpaired) electrons. The number of nitrogen functional groups attached to an aromatic ring is 1. The largest absolute Gasteiger partial charge is 0.393 e. The van der Waals surface area contributed by atoms with Crippen LogP contribution in [-0.4, -0.2) is 29.6 Å². The summed E-state index contributed by atoms with van der Waals surface area (Å²) in [6.07, 6.45) is 1.11. The van der Waals surface area contributed by atoms with Crippen LogP contribution >= 0.6 is 0 Å². The Morgan fingerprint density at radius 2 is 1.88 bits per heavy atom. The van der Waals surface area contributed by atoms with Crippen LogP contribution in [0.2, 0.25) is 0 Å². The van der Waals surface area contributed by atoms with Gasteiger partial charge in [-0.15, -0.1) is 0 Å². The van der Waals surface area contributed by atoms with E-state index in [1.807, 2.05) is 6.07 Å². The zero-order chi connectivity index (χ0) is 17.3. The Morgan fingerprint density at radius 1 is 1.21 bits per heavy atom. The van der Waals surface area contributed by atoms with Crippen molar-refractivity contribution in [3.05, 3.63) is 41.6 Å². The second-order valence-electron chi connectivity index (χ2n) is 5.90. The first-order chi connectivity index (χ1) is 11.3. The Kier molecular flexibility index (Phi) is 4.39. The van der Waals surface area contributed by atoms with Gasteiger partial charge in [-0.2, -0.15) is 4.98 Å². The van der Waals surface area contributed by atoms with E-state index in [1.165, 1.54) is 12.1 Å². The van der Waals surface area contributed by atoms with Crippen LogP contribution in [0, 0.1) is 0 Å². The standard InChI is InChI=1S/C15H19N5O3S/c16-15-19-13(10-5-11(21)6-10)7-14(20-15)18-8-9-1-3-12(4-2-9)24(17,22)23/h1-4,7,10-11,21H,5-6,8H2,(H2,17,22,23)(H3,16,18,19,20). The van der Waals surface area contributed by atoms with E-state index in [0.717, 1.165) is 11.3 Å². The number of primary sulfonamides is 1. The Morgan fingerprint density at radius 3 is 2.46 bits per heavy atom. The molecule has 1 aliphatic carbocycles. The van der Waals surface area contributed by atoms with E-state index in [9.17, 15) is 13.5 Å². The fourth-order valence-electron chi connectivity index (χ4n) is 2.60. The van der Waals surface area contributed by atoms with Crippen LogP contribution in [0.15, 0.2) is 35.2 Å². The topological polar surface area (TPSA) is 144 Å². The molecule has 128 valence electrons. The maximum atomic E-state index is 11.2. The highest BCUT2D eigenvalue weighted by atomic mass is 32.2. The number of hydrogen-bond acceptors (Lipinski definition) is 7. The SMILES string of the molecule is Nc1nc(NCc2ccc(S(N)(=O)=O)cc2)cc(C2CC(O)C2)n1. The van der Waals surface area contributed by atoms with Gasteiger partial charge < -0.3 is 16.2 Å². The molecular weight excluding hydrogens is 330 g/mol. The summed E-state index contributed by atoms with van der Waals surface area (Å²) in [5.41, 5.74) is 7.44. The van der Waals surface area contributed by atoms with Crippen LogP contribution in [-0.2, 0) is 16.6 Å². The van der Waals surface area contributed by atoms with Gasteiger partial charge in [0.15, 0.2) is 0 Å². The average molecular weight is 349 g/mol. The van der Waals surface area contributed by atoms with Crippen molar-refractivity contribution in [3.63, 3.8) is 0 Å². The maximum Gasteiger partial charge on any atom is 0.238 e. The fourth-order valence-corrected chi connectivity index (χ4v) is 3.12. The molecule has 0 atom stereocenters. The lowest BCUT2D eigenvalue weighted by molar-refractivity contribution is 0.0732. The zero-order valence-electron chi connectivity index (χ0n) is 12.9. The van der Waals surface area contributed by atoms with Gasteiger partial charge in [0.1, 0.15) is 5.82 Å². The Bertz CT molecular complexity index is 833. The monoisotopic (exact) mass is 349 g/mol. The van der Waals surface area contributed by atoms with Crippen LogP contribution < -0.4 is 16.2 Å². The summed E-state index contributed by atoms with van der Waals surface area (Å²) >= 11 is 0. The van der Waals surface area contributed by atoms with Gasteiger partial charge in [0.05, 0.1) is 16.7 Å². The summed E-state index contributed by atoms with van der Waals surface area (Å²) in [5, 5.41) is 17.6. The number of sulfonamides is 1. The van der Waals surface area contributed by atoms with E-state index in [0.29, 0.717) is 25.2 Å². The van der Waals surface area contributed by atoms with Crippen LogP contribution in [0.1, 0.15) is 30.0 Å². The Balaban J connectivity index is 1.68. The third-order valence-corrected chi connectivity index (χ3v) is 4.95. The van der Waals surface area contributed by atoms with E-state index in [-0.39, 0.29) is 22.9 Å². The lowest BCUT2D eigenvalue weighted by atomic mass is 9.80. The lowest BCUT2D eigenvalue weighted by Gasteiger charge is -2.30. The number of nitrogens with one attached hydrogen (secondary N) is 1. The van der Waals surface area contributed by atoms with Crippen LogP contribution in [0.4, 0.5) is 11.8 Å². The molecule has 0 amide bonds. The number of hydrogen-bond donors (Lipinski definition) is 4. The molecule has 0 aliphatic heterocycles. The molecule has 1 aliphatic rings. The van der Waals surface area contributed by atoms with Crippen molar-refractivity contribution >= 4 is 21.8 Å². The molecule has 6 N–H and O–H groups in total. The molecule has 2 aromatic rings. The van der Waals surface area contributed by atoms with Gasteiger partial charge in [0, 0.05) is 18.5 Å². The first-order valence-electron chi connectivity index (χ1n) is 7.49. The summed E-state index contributed by atoms with van der Waals surface area (Å²) < 4.78 is 22.5. The van der Waals surface area contributed by atoms with E-state index >= 15 is 0 Å². The van der Waals surface area contributed by atoms with Crippen LogP contribution in [0.5, 0.6) is 0 Å². The van der Waals surface area contributed by atoms with E-state index in [1.54, 1.807) is 12.1 Å². The molecule has 1 fully saturated rings. The van der Waals surface area contributed by atoms with Crippen molar-refractivity contribution in [1.29, 1.82) is 0 Å². The number of aliphatic hydroxyl groups excluding tert-OH is 1. The normalized spacial score (nSPS) is 20.4. The van der Waals surface area contributed by atoms with E-state index < -0.39 is 10.0 Å². The highest BCUT2D eigenvalue weighted by Gasteiger charge is 2.30. The van der Waals surface area contributed by atoms with Gasteiger partial charge in [-0.25, -0.2) is 18.5 Å². The molecular formula is C15H19N5O3S. The summed E-state index contributed by atoms with van der Waals surface area (Å²) in [6.45, 7) is 0.452. The summed E-state index contributed by atoms with van der Waals surface area (Å²) in [7, 11) is -3.69. The second kappa shape index (κ2) is 6.34. The molecule has 1 saturated carbocycles. The van der Waals surface area contributed by atoms with Crippen LogP contribution in [0.25, 0.3) is 0 Å². The van der Waals surface area contributed by atoms with Gasteiger partial charge in [-0.1, -0.05) is 12.1 Å². The third kappa shape index (κ3) is 3.81. The van der Waals surface area contributed by atoms with Crippen LogP contribution in [0.3, 0.4) is 0 Å². The first kappa shape index (κ1) is 16.6. The number of anilines is 2. The van der Waals surface area contributed by atoms with Crippen molar-refractivity contribution < 1.29 is 13.5 Å². The molecule has 8 nitrogen and oxygen atoms in total. The van der Waals surface area contributed by atoms with Gasteiger partial charge in [0.2, 0.25) is 16.0 Å². The first-order valence-corrected chi connectivity index (χ1v) is 9.04. The van der Waals surface area contributed by atoms with Gasteiger partial charge in [-0.05, 0) is 30.5 Å².